The molecule has 0 spiro atoms. The molecule has 0 unspecified atom stereocenters. The van der Waals surface area contributed by atoms with Crippen LogP contribution in [0.3, 0.4) is 0 Å². The number of benzene rings is 2. The largest absolute Gasteiger partial charge is 0.416 e. The average molecular weight is 424 g/mol. The number of sulfonamides is 1. The van der Waals surface area contributed by atoms with Crippen LogP contribution in [-0.2, 0) is 21.0 Å². The number of carbonyl (C=O) groups excluding carboxylic acids is 1. The molecule has 0 radical (unpaired) electrons. The van der Waals surface area contributed by atoms with Crippen LogP contribution in [0, 0.1) is 5.82 Å². The monoisotopic (exact) mass is 423 g/mol. The number of anilines is 2. The number of hydrogen-bond acceptors (Lipinski definition) is 4. The smallest absolute Gasteiger partial charge is 0.360 e. The average Bonchev–Trinajstić information content (AvgIpc) is 2.56. The lowest BCUT2D eigenvalue weighted by atomic mass is 10.2. The Hall–Kier alpha value is -2.37. The third kappa shape index (κ3) is 3.99. The number of amides is 1. The number of halogens is 5. The molecule has 2 aromatic carbocycles. The lowest BCUT2D eigenvalue weighted by molar-refractivity contribution is -0.137. The Kier molecular flexibility index (Phi) is 4.78. The van der Waals surface area contributed by atoms with Gasteiger partial charge in [0.1, 0.15) is 10.7 Å². The van der Waals surface area contributed by atoms with Gasteiger partial charge in [-0.3, -0.25) is 4.79 Å². The number of nitrogens with one attached hydrogen (secondary N) is 3. The summed E-state index contributed by atoms with van der Waals surface area (Å²) < 4.78 is 78.1. The predicted octanol–water partition coefficient (Wildman–Crippen LogP) is 3.17. The molecule has 6 nitrogen and oxygen atoms in total. The van der Waals surface area contributed by atoms with E-state index in [0.717, 1.165) is 18.2 Å². The van der Waals surface area contributed by atoms with Crippen molar-refractivity contribution < 1.29 is 30.8 Å². The number of alkyl halides is 3. The maximum Gasteiger partial charge on any atom is 0.416 e. The minimum atomic E-state index is -4.69. The molecule has 1 atom stereocenters. The van der Waals surface area contributed by atoms with Crippen LogP contribution in [0.25, 0.3) is 0 Å². The van der Waals surface area contributed by atoms with Crippen LogP contribution >= 0.6 is 11.6 Å². The summed E-state index contributed by atoms with van der Waals surface area (Å²) in [6, 6.07) is 5.29. The Labute approximate surface area is 155 Å². The van der Waals surface area contributed by atoms with E-state index < -0.39 is 44.5 Å². The molecule has 27 heavy (non-hydrogen) atoms. The standard InChI is InChI=1S/C15H10ClF4N3O3S/c16-9-6-8(2-3-10(9)17)21-14(24)13-22-11-5-7(15(18,19)20)1-4-12(11)27(25,26)23-13/h1-6,13,22-23H,(H,21,24)/t13-/m0/s1. The summed E-state index contributed by atoms with van der Waals surface area (Å²) >= 11 is 5.60. The second kappa shape index (κ2) is 6.66. The predicted molar refractivity (Wildman–Crippen MR) is 89.2 cm³/mol. The third-order valence-corrected chi connectivity index (χ3v) is 5.39. The van der Waals surface area contributed by atoms with Crippen LogP contribution in [0.1, 0.15) is 5.56 Å². The first-order chi connectivity index (χ1) is 12.5. The molecule has 0 saturated heterocycles. The molecule has 3 N–H and O–H groups in total. The van der Waals surface area contributed by atoms with E-state index in [0.29, 0.717) is 12.1 Å². The van der Waals surface area contributed by atoms with Crippen molar-refractivity contribution in [3.05, 3.63) is 52.8 Å². The van der Waals surface area contributed by atoms with Gasteiger partial charge < -0.3 is 10.6 Å². The van der Waals surface area contributed by atoms with E-state index in [-0.39, 0.29) is 16.4 Å². The van der Waals surface area contributed by atoms with Gasteiger partial charge in [0.25, 0.3) is 5.91 Å². The van der Waals surface area contributed by atoms with E-state index in [9.17, 15) is 30.8 Å². The van der Waals surface area contributed by atoms with Crippen LogP contribution < -0.4 is 15.4 Å². The van der Waals surface area contributed by atoms with Gasteiger partial charge in [-0.15, -0.1) is 0 Å². The molecule has 0 aliphatic carbocycles. The van der Waals surface area contributed by atoms with Crippen molar-refractivity contribution in [2.45, 2.75) is 17.2 Å². The zero-order valence-electron chi connectivity index (χ0n) is 13.1. The van der Waals surface area contributed by atoms with E-state index >= 15 is 0 Å². The fourth-order valence-corrected chi connectivity index (χ4v) is 3.80. The third-order valence-electron chi connectivity index (χ3n) is 3.62. The van der Waals surface area contributed by atoms with Crippen LogP contribution in [0.15, 0.2) is 41.3 Å². The summed E-state index contributed by atoms with van der Waals surface area (Å²) in [4.78, 5) is 11.9. The Morgan fingerprint density at radius 3 is 2.48 bits per heavy atom. The molecule has 0 saturated carbocycles. The lowest BCUT2D eigenvalue weighted by Crippen LogP contribution is -2.51. The fraction of sp³-hybridized carbons (Fsp3) is 0.133. The summed E-state index contributed by atoms with van der Waals surface area (Å²) in [5.74, 6) is -1.65. The minimum absolute atomic E-state index is 0.0715. The second-order valence-corrected chi connectivity index (χ2v) is 7.62. The Bertz CT molecular complexity index is 1030. The summed E-state index contributed by atoms with van der Waals surface area (Å²) in [6.07, 6.45) is -6.27. The first kappa shape index (κ1) is 19.4. The number of hydrogen-bond donors (Lipinski definition) is 3. The SMILES string of the molecule is O=C(Nc1ccc(F)c(Cl)c1)[C@H]1Nc2cc(C(F)(F)F)ccc2S(=O)(=O)N1. The van der Waals surface area contributed by atoms with Gasteiger partial charge in [0.2, 0.25) is 10.0 Å². The molecule has 144 valence electrons. The summed E-state index contributed by atoms with van der Waals surface area (Å²) in [5.41, 5.74) is -1.38. The maximum atomic E-state index is 13.2. The van der Waals surface area contributed by atoms with Crippen molar-refractivity contribution in [2.24, 2.45) is 0 Å². The minimum Gasteiger partial charge on any atom is -0.360 e. The fourth-order valence-electron chi connectivity index (χ4n) is 2.36. The molecule has 0 bridgehead atoms. The summed E-state index contributed by atoms with van der Waals surface area (Å²) in [7, 11) is -4.23. The Morgan fingerprint density at radius 2 is 1.85 bits per heavy atom. The molecule has 3 rings (SSSR count). The molecule has 1 amide bonds. The molecule has 1 heterocycles. The first-order valence-electron chi connectivity index (χ1n) is 7.23. The van der Waals surface area contributed by atoms with E-state index in [1.165, 1.54) is 6.07 Å². The summed E-state index contributed by atoms with van der Waals surface area (Å²) in [6.45, 7) is 0. The van der Waals surface area contributed by atoms with Gasteiger partial charge in [-0.2, -0.15) is 17.9 Å². The van der Waals surface area contributed by atoms with Crippen molar-refractivity contribution in [1.29, 1.82) is 0 Å². The van der Waals surface area contributed by atoms with Crippen molar-refractivity contribution in [3.8, 4) is 0 Å². The number of fused-ring (bicyclic) bond motifs is 1. The molecule has 0 aromatic heterocycles. The number of rotatable bonds is 2. The topological polar surface area (TPSA) is 87.3 Å². The quantitative estimate of drug-likeness (QED) is 0.647. The van der Waals surface area contributed by atoms with Crippen molar-refractivity contribution in [3.63, 3.8) is 0 Å². The molecular weight excluding hydrogens is 414 g/mol. The molecular formula is C15H10ClF4N3O3S. The lowest BCUT2D eigenvalue weighted by Gasteiger charge is -2.27. The highest BCUT2D eigenvalue weighted by Gasteiger charge is 2.37. The second-order valence-electron chi connectivity index (χ2n) is 5.53. The van der Waals surface area contributed by atoms with Crippen LogP contribution in [0.4, 0.5) is 28.9 Å². The normalized spacial score (nSPS) is 18.3. The molecule has 1 aliphatic heterocycles. The molecule has 2 aromatic rings. The van der Waals surface area contributed by atoms with Gasteiger partial charge >= 0.3 is 6.18 Å². The number of carbonyl (C=O) groups is 1. The molecule has 0 fully saturated rings. The maximum absolute atomic E-state index is 13.2. The van der Waals surface area contributed by atoms with E-state index in [4.69, 9.17) is 11.6 Å². The zero-order chi connectivity index (χ0) is 20.0. The van der Waals surface area contributed by atoms with Crippen molar-refractivity contribution in [2.75, 3.05) is 10.6 Å². The van der Waals surface area contributed by atoms with Gasteiger partial charge in [0.05, 0.1) is 16.3 Å². The highest BCUT2D eigenvalue weighted by Crippen LogP contribution is 2.35. The Balaban J connectivity index is 1.89. The molecule has 1 aliphatic rings. The van der Waals surface area contributed by atoms with Gasteiger partial charge in [-0.25, -0.2) is 12.8 Å². The van der Waals surface area contributed by atoms with E-state index in [1.54, 1.807) is 0 Å². The highest BCUT2D eigenvalue weighted by molar-refractivity contribution is 7.89. The first-order valence-corrected chi connectivity index (χ1v) is 9.09. The van der Waals surface area contributed by atoms with Crippen LogP contribution in [0.2, 0.25) is 5.02 Å². The van der Waals surface area contributed by atoms with Gasteiger partial charge in [0, 0.05) is 5.69 Å². The van der Waals surface area contributed by atoms with E-state index in [1.807, 2.05) is 4.72 Å². The summed E-state index contributed by atoms with van der Waals surface area (Å²) in [5, 5.41) is 4.42. The van der Waals surface area contributed by atoms with Gasteiger partial charge in [0.15, 0.2) is 6.17 Å². The van der Waals surface area contributed by atoms with Crippen molar-refractivity contribution in [1.82, 2.24) is 4.72 Å². The Morgan fingerprint density at radius 1 is 1.15 bits per heavy atom. The van der Waals surface area contributed by atoms with Gasteiger partial charge in [-0.05, 0) is 36.4 Å². The van der Waals surface area contributed by atoms with Crippen molar-refractivity contribution >= 4 is 38.9 Å². The van der Waals surface area contributed by atoms with Crippen LogP contribution in [-0.4, -0.2) is 20.5 Å². The van der Waals surface area contributed by atoms with E-state index in [2.05, 4.69) is 10.6 Å². The van der Waals surface area contributed by atoms with Gasteiger partial charge in [-0.1, -0.05) is 11.6 Å². The zero-order valence-corrected chi connectivity index (χ0v) is 14.6. The molecule has 12 heteroatoms. The van der Waals surface area contributed by atoms with Crippen LogP contribution in [0.5, 0.6) is 0 Å². The highest BCUT2D eigenvalue weighted by atomic mass is 35.5.